The molecule has 1 aromatic heterocycles. The van der Waals surface area contributed by atoms with E-state index in [0.29, 0.717) is 24.9 Å². The van der Waals surface area contributed by atoms with E-state index in [4.69, 9.17) is 5.10 Å². The Hall–Kier alpha value is -3.13. The highest BCUT2D eigenvalue weighted by Crippen LogP contribution is 2.41. The number of nitrogens with one attached hydrogen (secondary N) is 1. The maximum absolute atomic E-state index is 13.3. The van der Waals surface area contributed by atoms with Gasteiger partial charge in [-0.2, -0.15) is 18.3 Å². The van der Waals surface area contributed by atoms with Crippen molar-refractivity contribution < 1.29 is 18.0 Å². The normalized spacial score (nSPS) is 17.1. The standard InChI is InChI=1S/C27H31F3N4O/c1-4-34-23-15-16-33(25(26(35)31-3)20-10-6-5-7-11-20)22(24(23)18(2)32-34)14-13-19-9-8-12-21(17-19)27(28,29)30/h5-12,17,22,25H,4,13-16H2,1-3H3,(H,31,35). The van der Waals surface area contributed by atoms with Crippen LogP contribution in [0, 0.1) is 6.92 Å². The molecule has 0 spiro atoms. The quantitative estimate of drug-likeness (QED) is 0.498. The van der Waals surface area contributed by atoms with Gasteiger partial charge in [0.2, 0.25) is 5.91 Å². The minimum atomic E-state index is -4.38. The van der Waals surface area contributed by atoms with Gasteiger partial charge in [0.25, 0.3) is 0 Å². The first-order valence-electron chi connectivity index (χ1n) is 12.0. The molecule has 0 saturated heterocycles. The molecule has 1 aliphatic heterocycles. The lowest BCUT2D eigenvalue weighted by molar-refractivity contribution is -0.137. The van der Waals surface area contributed by atoms with Gasteiger partial charge in [-0.25, -0.2) is 0 Å². The van der Waals surface area contributed by atoms with Gasteiger partial charge in [0, 0.05) is 43.9 Å². The van der Waals surface area contributed by atoms with E-state index in [1.54, 1.807) is 13.1 Å². The van der Waals surface area contributed by atoms with Gasteiger partial charge < -0.3 is 5.32 Å². The van der Waals surface area contributed by atoms with Crippen LogP contribution in [0.2, 0.25) is 0 Å². The molecule has 0 bridgehead atoms. The molecule has 5 nitrogen and oxygen atoms in total. The average Bonchev–Trinajstić information content (AvgIpc) is 3.19. The summed E-state index contributed by atoms with van der Waals surface area (Å²) in [6, 6.07) is 14.5. The predicted molar refractivity (Wildman–Crippen MR) is 129 cm³/mol. The van der Waals surface area contributed by atoms with Crippen molar-refractivity contribution in [2.45, 2.75) is 57.9 Å². The number of halogens is 3. The van der Waals surface area contributed by atoms with E-state index in [1.165, 1.54) is 12.1 Å². The number of hydrogen-bond acceptors (Lipinski definition) is 3. The molecule has 2 aromatic carbocycles. The molecule has 0 aliphatic carbocycles. The molecular weight excluding hydrogens is 453 g/mol. The lowest BCUT2D eigenvalue weighted by atomic mass is 9.88. The van der Waals surface area contributed by atoms with Crippen LogP contribution >= 0.6 is 0 Å². The minimum absolute atomic E-state index is 0.107. The van der Waals surface area contributed by atoms with Gasteiger partial charge in [0.15, 0.2) is 0 Å². The van der Waals surface area contributed by atoms with Crippen LogP contribution in [0.1, 0.15) is 59.1 Å². The van der Waals surface area contributed by atoms with E-state index < -0.39 is 17.8 Å². The fourth-order valence-corrected chi connectivity index (χ4v) is 5.25. The summed E-state index contributed by atoms with van der Waals surface area (Å²) in [4.78, 5) is 15.3. The average molecular weight is 485 g/mol. The molecule has 2 atom stereocenters. The van der Waals surface area contributed by atoms with Crippen molar-refractivity contribution in [3.8, 4) is 0 Å². The van der Waals surface area contributed by atoms with Gasteiger partial charge in [0.05, 0.1) is 11.3 Å². The summed E-state index contributed by atoms with van der Waals surface area (Å²) >= 11 is 0. The molecule has 1 N–H and O–H groups in total. The number of rotatable bonds is 7. The smallest absolute Gasteiger partial charge is 0.358 e. The number of aryl methyl sites for hydroxylation is 3. The Morgan fingerprint density at radius 1 is 1.17 bits per heavy atom. The first-order valence-corrected chi connectivity index (χ1v) is 12.0. The van der Waals surface area contributed by atoms with Crippen LogP contribution in [0.3, 0.4) is 0 Å². The van der Waals surface area contributed by atoms with Crippen LogP contribution in [0.15, 0.2) is 54.6 Å². The minimum Gasteiger partial charge on any atom is -0.358 e. The molecule has 0 saturated carbocycles. The van der Waals surface area contributed by atoms with Crippen molar-refractivity contribution in [3.63, 3.8) is 0 Å². The molecule has 0 fully saturated rings. The molecule has 8 heteroatoms. The zero-order valence-electron chi connectivity index (χ0n) is 20.3. The Bertz CT molecular complexity index is 1170. The molecular formula is C27H31F3N4O. The Balaban J connectivity index is 1.73. The number of aromatic nitrogens is 2. The van der Waals surface area contributed by atoms with Crippen LogP contribution in [0.4, 0.5) is 13.2 Å². The molecule has 2 heterocycles. The predicted octanol–water partition coefficient (Wildman–Crippen LogP) is 5.25. The number of fused-ring (bicyclic) bond motifs is 1. The van der Waals surface area contributed by atoms with E-state index in [9.17, 15) is 18.0 Å². The van der Waals surface area contributed by atoms with Crippen LogP contribution in [-0.4, -0.2) is 34.2 Å². The Morgan fingerprint density at radius 3 is 2.57 bits per heavy atom. The number of carbonyl (C=O) groups excluding carboxylic acids is 1. The molecule has 186 valence electrons. The van der Waals surface area contributed by atoms with Gasteiger partial charge in [-0.1, -0.05) is 48.5 Å². The summed E-state index contributed by atoms with van der Waals surface area (Å²) in [6.07, 6.45) is -2.59. The number of carbonyl (C=O) groups is 1. The first-order chi connectivity index (χ1) is 16.7. The third kappa shape index (κ3) is 5.12. The van der Waals surface area contributed by atoms with E-state index in [-0.39, 0.29) is 11.9 Å². The first kappa shape index (κ1) is 25.0. The molecule has 1 aliphatic rings. The molecule has 35 heavy (non-hydrogen) atoms. The topological polar surface area (TPSA) is 50.2 Å². The van der Waals surface area contributed by atoms with Crippen LogP contribution in [0.25, 0.3) is 0 Å². The maximum Gasteiger partial charge on any atom is 0.416 e. The molecule has 2 unspecified atom stereocenters. The third-order valence-corrected chi connectivity index (χ3v) is 6.83. The largest absolute Gasteiger partial charge is 0.416 e. The zero-order chi connectivity index (χ0) is 25.2. The van der Waals surface area contributed by atoms with Crippen LogP contribution < -0.4 is 5.32 Å². The second-order valence-corrected chi connectivity index (χ2v) is 8.93. The molecule has 3 aromatic rings. The molecule has 0 radical (unpaired) electrons. The second-order valence-electron chi connectivity index (χ2n) is 8.93. The summed E-state index contributed by atoms with van der Waals surface area (Å²) in [5.41, 5.74) is 4.03. The monoisotopic (exact) mass is 484 g/mol. The van der Waals surface area contributed by atoms with Crippen molar-refractivity contribution in [2.75, 3.05) is 13.6 Å². The number of nitrogens with zero attached hydrogens (tertiary/aromatic N) is 3. The molecule has 4 rings (SSSR count). The van der Waals surface area contributed by atoms with Crippen LogP contribution in [-0.2, 0) is 30.4 Å². The van der Waals surface area contributed by atoms with Crippen molar-refractivity contribution in [1.82, 2.24) is 20.0 Å². The van der Waals surface area contributed by atoms with Crippen molar-refractivity contribution in [2.24, 2.45) is 0 Å². The number of amides is 1. The SMILES string of the molecule is CCn1nc(C)c2c1CCN(C(C(=O)NC)c1ccccc1)C2CCc1cccc(C(F)(F)F)c1. The van der Waals surface area contributed by atoms with Crippen LogP contribution in [0.5, 0.6) is 0 Å². The third-order valence-electron chi connectivity index (χ3n) is 6.83. The zero-order valence-corrected chi connectivity index (χ0v) is 20.3. The lowest BCUT2D eigenvalue weighted by Crippen LogP contribution is -2.45. The number of hydrogen-bond donors (Lipinski definition) is 1. The van der Waals surface area contributed by atoms with E-state index in [1.807, 2.05) is 48.9 Å². The van der Waals surface area contributed by atoms with Gasteiger partial charge in [-0.15, -0.1) is 0 Å². The number of alkyl halides is 3. The maximum atomic E-state index is 13.3. The Labute approximate surface area is 203 Å². The summed E-state index contributed by atoms with van der Waals surface area (Å²) in [5.74, 6) is -0.107. The highest BCUT2D eigenvalue weighted by molar-refractivity contribution is 5.83. The van der Waals surface area contributed by atoms with E-state index in [0.717, 1.165) is 41.5 Å². The summed E-state index contributed by atoms with van der Waals surface area (Å²) in [6.45, 7) is 5.42. The Morgan fingerprint density at radius 2 is 1.91 bits per heavy atom. The van der Waals surface area contributed by atoms with Crippen molar-refractivity contribution in [3.05, 3.63) is 88.2 Å². The van der Waals surface area contributed by atoms with Gasteiger partial charge >= 0.3 is 6.18 Å². The summed E-state index contributed by atoms with van der Waals surface area (Å²) < 4.78 is 41.8. The highest BCUT2D eigenvalue weighted by atomic mass is 19.4. The number of benzene rings is 2. The fourth-order valence-electron chi connectivity index (χ4n) is 5.25. The molecule has 1 amide bonds. The van der Waals surface area contributed by atoms with E-state index in [2.05, 4.69) is 10.2 Å². The highest BCUT2D eigenvalue weighted by Gasteiger charge is 2.39. The van der Waals surface area contributed by atoms with Gasteiger partial charge in [-0.3, -0.25) is 14.4 Å². The Kier molecular flexibility index (Phi) is 7.31. The summed E-state index contributed by atoms with van der Waals surface area (Å²) in [7, 11) is 1.63. The van der Waals surface area contributed by atoms with Crippen molar-refractivity contribution >= 4 is 5.91 Å². The lowest BCUT2D eigenvalue weighted by Gasteiger charge is -2.41. The van der Waals surface area contributed by atoms with Gasteiger partial charge in [0.1, 0.15) is 6.04 Å². The van der Waals surface area contributed by atoms with Crippen molar-refractivity contribution in [1.29, 1.82) is 0 Å². The summed E-state index contributed by atoms with van der Waals surface area (Å²) in [5, 5.41) is 7.54. The van der Waals surface area contributed by atoms with E-state index >= 15 is 0 Å². The fraction of sp³-hybridized carbons (Fsp3) is 0.407. The van der Waals surface area contributed by atoms with Gasteiger partial charge in [-0.05, 0) is 43.9 Å². The second kappa shape index (κ2) is 10.2. The number of likely N-dealkylation sites (N-methyl/N-ethyl adjacent to an activating group) is 1.